The summed E-state index contributed by atoms with van der Waals surface area (Å²) >= 11 is 1.53. The first-order valence-electron chi connectivity index (χ1n) is 6.63. The Labute approximate surface area is 176 Å². The Hall–Kier alpha value is 0.203. The van der Waals surface area contributed by atoms with Crippen molar-refractivity contribution in [1.82, 2.24) is 0 Å². The molecule has 0 saturated heterocycles. The predicted molar refractivity (Wildman–Crippen MR) is 112 cm³/mol. The Morgan fingerprint density at radius 1 is 0.783 bits per heavy atom. The number of hydrogen-bond donors (Lipinski definition) is 0. The van der Waals surface area contributed by atoms with Crippen molar-refractivity contribution < 1.29 is 20.8 Å². The molecule has 0 saturated carbocycles. The first kappa shape index (κ1) is 21.2. The van der Waals surface area contributed by atoms with Gasteiger partial charge in [0.2, 0.25) is 0 Å². The van der Waals surface area contributed by atoms with Gasteiger partial charge in [-0.05, 0) is 3.57 Å². The predicted octanol–water partition coefficient (Wildman–Crippen LogP) is 6.83. The fourth-order valence-electron chi connectivity index (χ4n) is 2.19. The molecule has 0 N–H and O–H groups in total. The van der Waals surface area contributed by atoms with Crippen LogP contribution in [0.4, 0.5) is 0 Å². The number of fused-ring (bicyclic) bond motifs is 2. The molecule has 0 nitrogen and oxygen atoms in total. The largest absolute Gasteiger partial charge is 0.813 e. The minimum absolute atomic E-state index is 0. The van der Waals surface area contributed by atoms with Gasteiger partial charge in [0.1, 0.15) is 0 Å². The van der Waals surface area contributed by atoms with Crippen LogP contribution in [-0.4, -0.2) is 0 Å². The van der Waals surface area contributed by atoms with Crippen molar-refractivity contribution in [2.75, 3.05) is 0 Å². The monoisotopic (exact) mass is 549 g/mol. The SMILES string of the molecule is Ic1cccc2[cH-]ccc12.[Cl][Zr][Cl].[SH-].c1ccc2[cH-]ccc2c1. The second-order valence-electron chi connectivity index (χ2n) is 4.49. The summed E-state index contributed by atoms with van der Waals surface area (Å²) in [5.74, 6) is 0. The molecule has 0 unspecified atom stereocenters. The van der Waals surface area contributed by atoms with Crippen LogP contribution in [0.3, 0.4) is 0 Å². The van der Waals surface area contributed by atoms with E-state index in [4.69, 9.17) is 17.0 Å². The van der Waals surface area contributed by atoms with E-state index in [-0.39, 0.29) is 13.5 Å². The summed E-state index contributed by atoms with van der Waals surface area (Å²) in [5, 5.41) is 5.37. The van der Waals surface area contributed by atoms with Crippen molar-refractivity contribution in [2.45, 2.75) is 0 Å². The molecule has 0 aliphatic rings. The van der Waals surface area contributed by atoms with Crippen LogP contribution in [0.5, 0.6) is 0 Å². The number of halogens is 3. The van der Waals surface area contributed by atoms with Crippen LogP contribution in [0.2, 0.25) is 0 Å². The van der Waals surface area contributed by atoms with Gasteiger partial charge in [-0.25, -0.2) is 0 Å². The normalized spacial score (nSPS) is 9.17. The maximum absolute atomic E-state index is 4.93. The Bertz CT molecular complexity index is 796. The molecule has 0 bridgehead atoms. The Morgan fingerprint density at radius 3 is 2.09 bits per heavy atom. The van der Waals surface area contributed by atoms with Crippen molar-refractivity contribution in [1.29, 1.82) is 0 Å². The summed E-state index contributed by atoms with van der Waals surface area (Å²) in [4.78, 5) is 0. The average Bonchev–Trinajstić information content (AvgIpc) is 3.18. The molecule has 0 aromatic heterocycles. The van der Waals surface area contributed by atoms with E-state index in [0.29, 0.717) is 0 Å². The molecule has 0 spiro atoms. The van der Waals surface area contributed by atoms with Crippen LogP contribution in [0.15, 0.2) is 78.9 Å². The summed E-state index contributed by atoms with van der Waals surface area (Å²) in [6.45, 7) is 0. The third-order valence-electron chi connectivity index (χ3n) is 3.17. The van der Waals surface area contributed by atoms with Gasteiger partial charge in [-0.1, -0.05) is 34.7 Å². The third-order valence-corrected chi connectivity index (χ3v) is 4.11. The fraction of sp³-hybridized carbons (Fsp3) is 0. The molecule has 0 aliphatic carbocycles. The van der Waals surface area contributed by atoms with E-state index >= 15 is 0 Å². The summed E-state index contributed by atoms with van der Waals surface area (Å²) in [7, 11) is 9.87. The molecule has 0 heterocycles. The Balaban J connectivity index is 0.000000191. The molecule has 4 rings (SSSR count). The summed E-state index contributed by atoms with van der Waals surface area (Å²) in [6.07, 6.45) is 0. The Kier molecular flexibility index (Phi) is 10.8. The number of hydrogen-bond acceptors (Lipinski definition) is 1. The van der Waals surface area contributed by atoms with E-state index in [1.807, 2.05) is 0 Å². The van der Waals surface area contributed by atoms with Gasteiger partial charge >= 0.3 is 37.9 Å². The zero-order chi connectivity index (χ0) is 15.8. The van der Waals surface area contributed by atoms with Gasteiger partial charge in [0.25, 0.3) is 0 Å². The zero-order valence-corrected chi connectivity index (χ0v) is 19.1. The topological polar surface area (TPSA) is 0 Å². The van der Waals surface area contributed by atoms with Crippen LogP contribution in [0, 0.1) is 3.57 Å². The maximum atomic E-state index is 4.93. The number of benzene rings is 2. The van der Waals surface area contributed by atoms with Crippen LogP contribution < -0.4 is 0 Å². The second kappa shape index (κ2) is 11.7. The van der Waals surface area contributed by atoms with Crippen LogP contribution in [0.25, 0.3) is 21.5 Å². The first-order chi connectivity index (χ1) is 10.8. The van der Waals surface area contributed by atoms with E-state index in [2.05, 4.69) is 101 Å². The fourth-order valence-corrected chi connectivity index (χ4v) is 2.89. The molecule has 5 heteroatoms. The van der Waals surface area contributed by atoms with Crippen molar-refractivity contribution in [2.24, 2.45) is 0 Å². The minimum Gasteiger partial charge on any atom is -0.813 e. The smallest absolute Gasteiger partial charge is 0.0809 e. The van der Waals surface area contributed by atoms with Crippen molar-refractivity contribution >= 4 is 74.7 Å². The summed E-state index contributed by atoms with van der Waals surface area (Å²) in [6, 6.07) is 27.4. The van der Waals surface area contributed by atoms with Crippen molar-refractivity contribution in [3.63, 3.8) is 0 Å². The molecular weight excluding hydrogens is 537 g/mol. The summed E-state index contributed by atoms with van der Waals surface area (Å²) < 4.78 is 1.33. The second-order valence-corrected chi connectivity index (χ2v) is 9.39. The Morgan fingerprint density at radius 2 is 1.39 bits per heavy atom. The number of thiol groups is 1. The van der Waals surface area contributed by atoms with E-state index in [9.17, 15) is 0 Å². The van der Waals surface area contributed by atoms with Crippen LogP contribution in [-0.2, 0) is 34.3 Å². The van der Waals surface area contributed by atoms with E-state index in [1.54, 1.807) is 0 Å². The molecule has 0 aliphatic heterocycles. The molecule has 0 atom stereocenters. The van der Waals surface area contributed by atoms with Gasteiger partial charge < -0.3 is 13.5 Å². The van der Waals surface area contributed by atoms with Crippen molar-refractivity contribution in [3.8, 4) is 0 Å². The molecule has 0 radical (unpaired) electrons. The number of rotatable bonds is 0. The molecule has 0 amide bonds. The summed E-state index contributed by atoms with van der Waals surface area (Å²) in [5.41, 5.74) is 0. The third kappa shape index (κ3) is 6.55. The van der Waals surface area contributed by atoms with Gasteiger partial charge in [-0.15, -0.1) is 58.6 Å². The van der Waals surface area contributed by atoms with Gasteiger partial charge in [0.05, 0.1) is 0 Å². The van der Waals surface area contributed by atoms with Crippen LogP contribution in [0.1, 0.15) is 0 Å². The van der Waals surface area contributed by atoms with E-state index in [1.165, 1.54) is 25.1 Å². The van der Waals surface area contributed by atoms with Gasteiger partial charge in [-0.3, -0.25) is 0 Å². The quantitative estimate of drug-likeness (QED) is 0.100. The molecule has 4 aromatic rings. The molecular formula is C18H14Cl2ISZr-3. The first-order valence-corrected chi connectivity index (χ1v) is 14.0. The van der Waals surface area contributed by atoms with Crippen LogP contribution >= 0.6 is 39.6 Å². The molecule has 120 valence electrons. The van der Waals surface area contributed by atoms with Gasteiger partial charge in [0.15, 0.2) is 0 Å². The standard InChI is InChI=1S/C9H6I.C9H7.2ClH.H2S.Zr/c10-9-6-2-4-7-3-1-5-8(7)9;1-2-5-9-7-3-6-8(9)4-1;;;;/h1-6H;1-7H;2*1H;1H2;/q2*-1;;;;+2/p-3. The van der Waals surface area contributed by atoms with Crippen molar-refractivity contribution in [3.05, 3.63) is 82.4 Å². The van der Waals surface area contributed by atoms with E-state index < -0.39 is 20.8 Å². The zero-order valence-electron chi connectivity index (χ0n) is 12.1. The van der Waals surface area contributed by atoms with Gasteiger partial charge in [0, 0.05) is 0 Å². The molecule has 0 fully saturated rings. The van der Waals surface area contributed by atoms with Gasteiger partial charge in [-0.2, -0.15) is 29.7 Å². The molecule has 23 heavy (non-hydrogen) atoms. The van der Waals surface area contributed by atoms with E-state index in [0.717, 1.165) is 0 Å². The molecule has 4 aromatic carbocycles. The average molecular weight is 551 g/mol. The minimum atomic E-state index is -0.826. The maximum Gasteiger partial charge on any atom is -0.0809 e.